The van der Waals surface area contributed by atoms with Crippen LogP contribution in [0.25, 0.3) is 22.2 Å². The molecule has 0 atom stereocenters. The molecule has 0 unspecified atom stereocenters. The van der Waals surface area contributed by atoms with Crippen LogP contribution in [0.4, 0.5) is 0 Å². The molecule has 2 aromatic heterocycles. The van der Waals surface area contributed by atoms with E-state index >= 15 is 0 Å². The molecule has 0 spiro atoms. The van der Waals surface area contributed by atoms with Gasteiger partial charge in [0.25, 0.3) is 10.2 Å². The van der Waals surface area contributed by atoms with Crippen LogP contribution in [-0.4, -0.2) is 29.2 Å². The van der Waals surface area contributed by atoms with Crippen molar-refractivity contribution in [2.24, 2.45) is 5.14 Å². The second-order valence-electron chi connectivity index (χ2n) is 5.61. The van der Waals surface area contributed by atoms with Crippen LogP contribution in [0.3, 0.4) is 0 Å². The van der Waals surface area contributed by atoms with E-state index in [9.17, 15) is 13.2 Å². The summed E-state index contributed by atoms with van der Waals surface area (Å²) in [7, 11) is -3.72. The minimum Gasteiger partial charge on any atom is -0.307 e. The normalized spacial score (nSPS) is 12.0. The van der Waals surface area contributed by atoms with Gasteiger partial charge in [0.2, 0.25) is 5.56 Å². The molecule has 8 heteroatoms. The molecule has 0 fully saturated rings. The first-order valence-electron chi connectivity index (χ1n) is 7.73. The van der Waals surface area contributed by atoms with Crippen molar-refractivity contribution < 1.29 is 8.42 Å². The Hall–Kier alpha value is -2.55. The maximum atomic E-state index is 11.5. The van der Waals surface area contributed by atoms with Crippen molar-refractivity contribution in [1.82, 2.24) is 14.3 Å². The number of nitrogens with zero attached hydrogens (tertiary/aromatic N) is 2. The number of rotatable bonds is 5. The van der Waals surface area contributed by atoms with Gasteiger partial charge in [0.1, 0.15) is 5.65 Å². The zero-order valence-corrected chi connectivity index (χ0v) is 14.5. The number of fused-ring (bicyclic) bond motifs is 1. The SMILES string of the molecule is CCN(Cc1ccc(-c2ccnc3[nH]c(=O)ccc23)cc1)S(N)(=O)=O. The standard InChI is InChI=1S/C17H18N4O3S/c1-2-21(25(18,23)24)11-12-3-5-13(6-4-12)14-9-10-19-17-15(14)7-8-16(22)20-17/h3-10H,2,11H2,1H3,(H2,18,23,24)(H,19,20,22). The number of nitrogens with one attached hydrogen (secondary N) is 1. The van der Waals surface area contributed by atoms with E-state index < -0.39 is 10.2 Å². The minimum absolute atomic E-state index is 0.199. The molecule has 0 saturated heterocycles. The summed E-state index contributed by atoms with van der Waals surface area (Å²) in [5.74, 6) is 0. The number of aromatic nitrogens is 2. The summed E-state index contributed by atoms with van der Waals surface area (Å²) in [4.78, 5) is 18.3. The fourth-order valence-corrected chi connectivity index (χ4v) is 3.37. The molecule has 0 radical (unpaired) electrons. The Bertz CT molecular complexity index is 1060. The number of hydrogen-bond donors (Lipinski definition) is 2. The van der Waals surface area contributed by atoms with Gasteiger partial charge in [-0.25, -0.2) is 10.1 Å². The van der Waals surface area contributed by atoms with Gasteiger partial charge in [0.15, 0.2) is 0 Å². The lowest BCUT2D eigenvalue weighted by atomic mass is 10.0. The third-order valence-electron chi connectivity index (χ3n) is 3.97. The maximum Gasteiger partial charge on any atom is 0.277 e. The molecule has 0 aliphatic rings. The smallest absolute Gasteiger partial charge is 0.277 e. The molecule has 0 amide bonds. The Morgan fingerprint density at radius 1 is 1.12 bits per heavy atom. The molecule has 1 aromatic carbocycles. The molecule has 130 valence electrons. The van der Waals surface area contributed by atoms with Crippen molar-refractivity contribution in [2.75, 3.05) is 6.54 Å². The molecule has 7 nitrogen and oxygen atoms in total. The van der Waals surface area contributed by atoms with Gasteiger partial charge in [-0.2, -0.15) is 12.7 Å². The number of pyridine rings is 2. The van der Waals surface area contributed by atoms with Crippen LogP contribution in [0.1, 0.15) is 12.5 Å². The van der Waals surface area contributed by atoms with Crippen molar-refractivity contribution in [3.63, 3.8) is 0 Å². The van der Waals surface area contributed by atoms with Crippen LogP contribution in [0.2, 0.25) is 0 Å². The molecule has 3 rings (SSSR count). The first kappa shape index (κ1) is 17.3. The van der Waals surface area contributed by atoms with Crippen molar-refractivity contribution in [3.8, 4) is 11.1 Å². The summed E-state index contributed by atoms with van der Waals surface area (Å²) in [6, 6.07) is 12.6. The lowest BCUT2D eigenvalue weighted by Gasteiger charge is -2.17. The molecule has 3 N–H and O–H groups in total. The van der Waals surface area contributed by atoms with Crippen molar-refractivity contribution in [2.45, 2.75) is 13.5 Å². The van der Waals surface area contributed by atoms with Gasteiger partial charge in [0.05, 0.1) is 0 Å². The van der Waals surface area contributed by atoms with Crippen LogP contribution in [0, 0.1) is 0 Å². The van der Waals surface area contributed by atoms with Crippen molar-refractivity contribution >= 4 is 21.2 Å². The topological polar surface area (TPSA) is 109 Å². The first-order chi connectivity index (χ1) is 11.9. The van der Waals surface area contributed by atoms with Gasteiger partial charge in [0, 0.05) is 30.7 Å². The average Bonchev–Trinajstić information content (AvgIpc) is 2.58. The predicted octanol–water partition coefficient (Wildman–Crippen LogP) is 1.62. The fourth-order valence-electron chi connectivity index (χ4n) is 2.69. The number of H-pyrrole nitrogens is 1. The minimum atomic E-state index is -3.72. The summed E-state index contributed by atoms with van der Waals surface area (Å²) >= 11 is 0. The van der Waals surface area contributed by atoms with E-state index in [0.29, 0.717) is 12.2 Å². The van der Waals surface area contributed by atoms with Crippen LogP contribution in [0.5, 0.6) is 0 Å². The zero-order valence-electron chi connectivity index (χ0n) is 13.6. The van der Waals surface area contributed by atoms with Gasteiger partial charge in [-0.3, -0.25) is 4.79 Å². The second-order valence-corrected chi connectivity index (χ2v) is 7.16. The molecule has 0 bridgehead atoms. The summed E-state index contributed by atoms with van der Waals surface area (Å²) in [5.41, 5.74) is 3.05. The Labute approximate surface area is 145 Å². The Kier molecular flexibility index (Phi) is 4.67. The monoisotopic (exact) mass is 358 g/mol. The van der Waals surface area contributed by atoms with Crippen LogP contribution in [0.15, 0.2) is 53.5 Å². The van der Waals surface area contributed by atoms with E-state index in [4.69, 9.17) is 5.14 Å². The highest BCUT2D eigenvalue weighted by Gasteiger charge is 2.15. The highest BCUT2D eigenvalue weighted by atomic mass is 32.2. The average molecular weight is 358 g/mol. The molecule has 0 saturated carbocycles. The molecular weight excluding hydrogens is 340 g/mol. The third kappa shape index (κ3) is 3.76. The van der Waals surface area contributed by atoms with Gasteiger partial charge < -0.3 is 4.98 Å². The van der Waals surface area contributed by atoms with E-state index in [2.05, 4.69) is 9.97 Å². The summed E-state index contributed by atoms with van der Waals surface area (Å²) in [5, 5.41) is 6.04. The molecule has 3 aromatic rings. The Morgan fingerprint density at radius 2 is 1.84 bits per heavy atom. The quantitative estimate of drug-likeness (QED) is 0.722. The fraction of sp³-hybridized carbons (Fsp3) is 0.176. The molecule has 0 aliphatic carbocycles. The Balaban J connectivity index is 1.95. The number of benzene rings is 1. The van der Waals surface area contributed by atoms with Crippen LogP contribution in [-0.2, 0) is 16.8 Å². The van der Waals surface area contributed by atoms with Gasteiger partial charge in [-0.05, 0) is 28.8 Å². The third-order valence-corrected chi connectivity index (χ3v) is 5.08. The summed E-state index contributed by atoms with van der Waals surface area (Å²) in [6.45, 7) is 2.27. The Morgan fingerprint density at radius 3 is 2.48 bits per heavy atom. The van der Waals surface area contributed by atoms with E-state index in [-0.39, 0.29) is 12.1 Å². The number of nitrogens with two attached hydrogens (primary N) is 1. The largest absolute Gasteiger partial charge is 0.307 e. The first-order valence-corrected chi connectivity index (χ1v) is 9.24. The molecular formula is C17H18N4O3S. The zero-order chi connectivity index (χ0) is 18.0. The highest BCUT2D eigenvalue weighted by molar-refractivity contribution is 7.86. The number of aromatic amines is 1. The molecule has 25 heavy (non-hydrogen) atoms. The second kappa shape index (κ2) is 6.75. The van der Waals surface area contributed by atoms with Crippen molar-refractivity contribution in [1.29, 1.82) is 0 Å². The van der Waals surface area contributed by atoms with E-state index in [1.807, 2.05) is 30.3 Å². The van der Waals surface area contributed by atoms with Gasteiger partial charge in [-0.1, -0.05) is 31.2 Å². The van der Waals surface area contributed by atoms with Gasteiger partial charge >= 0.3 is 0 Å². The maximum absolute atomic E-state index is 11.5. The van der Waals surface area contributed by atoms with Crippen molar-refractivity contribution in [3.05, 3.63) is 64.6 Å². The van der Waals surface area contributed by atoms with Crippen LogP contribution >= 0.6 is 0 Å². The predicted molar refractivity (Wildman–Crippen MR) is 97.0 cm³/mol. The van der Waals surface area contributed by atoms with E-state index in [1.165, 1.54) is 10.4 Å². The lowest BCUT2D eigenvalue weighted by Crippen LogP contribution is -2.35. The lowest BCUT2D eigenvalue weighted by molar-refractivity contribution is 0.424. The number of hydrogen-bond acceptors (Lipinski definition) is 4. The summed E-state index contributed by atoms with van der Waals surface area (Å²) < 4.78 is 24.2. The van der Waals surface area contributed by atoms with E-state index in [1.54, 1.807) is 19.2 Å². The molecule has 0 aliphatic heterocycles. The highest BCUT2D eigenvalue weighted by Crippen LogP contribution is 2.26. The molecule has 2 heterocycles. The van der Waals surface area contributed by atoms with Crippen LogP contribution < -0.4 is 10.7 Å². The van der Waals surface area contributed by atoms with Gasteiger partial charge in [-0.15, -0.1) is 0 Å². The van der Waals surface area contributed by atoms with E-state index in [0.717, 1.165) is 22.1 Å². The summed E-state index contributed by atoms with van der Waals surface area (Å²) in [6.07, 6.45) is 1.64.